The number of carbonyl (C=O) groups excluding carboxylic acids is 1. The van der Waals surface area contributed by atoms with Crippen LogP contribution in [0.5, 0.6) is 0 Å². The van der Waals surface area contributed by atoms with Gasteiger partial charge in [-0.2, -0.15) is 12.6 Å². The fourth-order valence-electron chi connectivity index (χ4n) is 1.93. The van der Waals surface area contributed by atoms with Crippen molar-refractivity contribution in [2.75, 3.05) is 0 Å². The average Bonchev–Trinajstić information content (AvgIpc) is 2.63. The molecule has 0 aromatic rings. The van der Waals surface area contributed by atoms with Gasteiger partial charge in [0.15, 0.2) is 0 Å². The Morgan fingerprint density at radius 1 is 1.53 bits per heavy atom. The lowest BCUT2D eigenvalue weighted by Crippen LogP contribution is -2.38. The Bertz CT molecular complexity index is 228. The van der Waals surface area contributed by atoms with E-state index < -0.39 is 5.41 Å². The quantitative estimate of drug-likeness (QED) is 0.406. The Morgan fingerprint density at radius 2 is 2.12 bits per heavy atom. The zero-order valence-electron chi connectivity index (χ0n) is 11.1. The van der Waals surface area contributed by atoms with E-state index in [-0.39, 0.29) is 5.25 Å². The van der Waals surface area contributed by atoms with Crippen LogP contribution in [-0.4, -0.2) is 36.9 Å². The van der Waals surface area contributed by atoms with Crippen LogP contribution >= 0.6 is 12.6 Å². The number of carbonyl (C=O) groups is 1. The molecular weight excluding hydrogens is 252 g/mol. The first-order valence-corrected chi connectivity index (χ1v) is 8.00. The molecule has 0 bridgehead atoms. The third-order valence-electron chi connectivity index (χ3n) is 3.09. The molecule has 0 aromatic carbocycles. The minimum atomic E-state index is -1.49. The molecular formula is C12H26O3SSi. The van der Waals surface area contributed by atoms with Gasteiger partial charge in [-0.25, -0.2) is 0 Å². The largest absolute Gasteiger partial charge is 0.369 e. The summed E-state index contributed by atoms with van der Waals surface area (Å²) >= 11 is 3.95. The lowest BCUT2D eigenvalue weighted by atomic mass is 10.0. The van der Waals surface area contributed by atoms with Crippen LogP contribution in [0.3, 0.4) is 0 Å². The molecule has 102 valence electrons. The molecule has 0 heterocycles. The second-order valence-electron chi connectivity index (χ2n) is 4.86. The van der Waals surface area contributed by atoms with E-state index in [4.69, 9.17) is 10.2 Å². The van der Waals surface area contributed by atoms with Crippen LogP contribution in [0.1, 0.15) is 52.4 Å². The minimum absolute atomic E-state index is 0.283. The number of aliphatic hydroxyl groups is 2. The highest BCUT2D eigenvalue weighted by atomic mass is 32.1. The van der Waals surface area contributed by atoms with E-state index in [9.17, 15) is 4.79 Å². The van der Waals surface area contributed by atoms with E-state index in [0.29, 0.717) is 28.4 Å². The molecule has 1 fully saturated rings. The molecule has 2 atom stereocenters. The standard InChI is InChI=1S/C8H14O.C4H12O2SSi/c1-2-4-7-5-3-6-8(7)9;1-2-3(7)4(5,6)8/h7H,2-6H2,1H3;3,5-7H,2H2,1,8H3. The van der Waals surface area contributed by atoms with Crippen molar-refractivity contribution in [2.45, 2.75) is 63.0 Å². The Morgan fingerprint density at radius 3 is 2.35 bits per heavy atom. The second-order valence-corrected chi connectivity index (χ2v) is 6.96. The number of hydrogen-bond donors (Lipinski definition) is 3. The smallest absolute Gasteiger partial charge is 0.146 e. The van der Waals surface area contributed by atoms with Gasteiger partial charge in [0, 0.05) is 17.6 Å². The zero-order valence-corrected chi connectivity index (χ0v) is 14.0. The highest BCUT2D eigenvalue weighted by Gasteiger charge is 2.23. The number of ketones is 1. The van der Waals surface area contributed by atoms with E-state index in [1.54, 1.807) is 0 Å². The predicted molar refractivity (Wildman–Crippen MR) is 77.4 cm³/mol. The van der Waals surface area contributed by atoms with Crippen molar-refractivity contribution >= 4 is 28.7 Å². The third kappa shape index (κ3) is 7.23. The third-order valence-corrected chi connectivity index (χ3v) is 5.12. The van der Waals surface area contributed by atoms with Crippen molar-refractivity contribution in [3.05, 3.63) is 0 Å². The summed E-state index contributed by atoms with van der Waals surface area (Å²) in [5, 5.41) is 17.4. The molecule has 3 nitrogen and oxygen atoms in total. The number of Topliss-reactive ketones (excluding diaryl/α,β-unsaturated/α-hetero) is 1. The van der Waals surface area contributed by atoms with Crippen molar-refractivity contribution in [1.29, 1.82) is 0 Å². The maximum atomic E-state index is 11.0. The zero-order chi connectivity index (χ0) is 13.5. The van der Waals surface area contributed by atoms with Crippen molar-refractivity contribution < 1.29 is 15.0 Å². The summed E-state index contributed by atoms with van der Waals surface area (Å²) < 4.78 is 0. The van der Waals surface area contributed by atoms with Crippen LogP contribution in [0.25, 0.3) is 0 Å². The first-order chi connectivity index (χ1) is 7.82. The molecule has 1 saturated carbocycles. The van der Waals surface area contributed by atoms with E-state index in [2.05, 4.69) is 19.6 Å². The number of thiol groups is 1. The van der Waals surface area contributed by atoms with Gasteiger partial charge in [0.25, 0.3) is 0 Å². The highest BCUT2D eigenvalue weighted by molar-refractivity contribution is 7.81. The monoisotopic (exact) mass is 278 g/mol. The Labute approximate surface area is 113 Å². The fraction of sp³-hybridized carbons (Fsp3) is 0.917. The lowest BCUT2D eigenvalue weighted by Gasteiger charge is -2.21. The molecule has 17 heavy (non-hydrogen) atoms. The van der Waals surface area contributed by atoms with Crippen LogP contribution < -0.4 is 0 Å². The van der Waals surface area contributed by atoms with Crippen LogP contribution in [0.15, 0.2) is 0 Å². The van der Waals surface area contributed by atoms with Gasteiger partial charge in [-0.15, -0.1) is 0 Å². The molecule has 1 rings (SSSR count). The van der Waals surface area contributed by atoms with Crippen molar-refractivity contribution in [1.82, 2.24) is 0 Å². The molecule has 2 N–H and O–H groups in total. The maximum Gasteiger partial charge on any atom is 0.146 e. The summed E-state index contributed by atoms with van der Waals surface area (Å²) in [4.78, 5) is 11.0. The Hall–Kier alpha value is 0.157. The number of hydrogen-bond acceptors (Lipinski definition) is 4. The molecule has 0 spiro atoms. The summed E-state index contributed by atoms with van der Waals surface area (Å²) in [5.41, 5.74) is -1.49. The molecule has 1 aliphatic rings. The van der Waals surface area contributed by atoms with Gasteiger partial charge in [-0.1, -0.05) is 20.3 Å². The highest BCUT2D eigenvalue weighted by Crippen LogP contribution is 2.24. The van der Waals surface area contributed by atoms with Gasteiger partial charge >= 0.3 is 0 Å². The summed E-state index contributed by atoms with van der Waals surface area (Å²) in [6.07, 6.45) is 6.13. The molecule has 2 unspecified atom stereocenters. The molecule has 0 radical (unpaired) electrons. The van der Waals surface area contributed by atoms with Crippen LogP contribution in [0, 0.1) is 5.92 Å². The van der Waals surface area contributed by atoms with Gasteiger partial charge < -0.3 is 10.2 Å². The predicted octanol–water partition coefficient (Wildman–Crippen LogP) is 0.854. The number of rotatable bonds is 4. The van der Waals surface area contributed by atoms with Gasteiger partial charge in [0.2, 0.25) is 0 Å². The summed E-state index contributed by atoms with van der Waals surface area (Å²) in [5.74, 6) is 0.951. The summed E-state index contributed by atoms with van der Waals surface area (Å²) in [7, 11) is 0.356. The van der Waals surface area contributed by atoms with Crippen molar-refractivity contribution in [3.63, 3.8) is 0 Å². The first-order valence-electron chi connectivity index (χ1n) is 6.48. The fourth-order valence-corrected chi connectivity index (χ4v) is 2.34. The summed E-state index contributed by atoms with van der Waals surface area (Å²) in [6, 6.07) is 0. The lowest BCUT2D eigenvalue weighted by molar-refractivity contribution is -0.120. The van der Waals surface area contributed by atoms with Gasteiger partial charge in [0.1, 0.15) is 11.2 Å². The van der Waals surface area contributed by atoms with E-state index in [1.165, 1.54) is 0 Å². The van der Waals surface area contributed by atoms with E-state index >= 15 is 0 Å². The molecule has 5 heteroatoms. The van der Waals surface area contributed by atoms with Crippen LogP contribution in [0.2, 0.25) is 0 Å². The molecule has 0 saturated heterocycles. The molecule has 0 aliphatic heterocycles. The van der Waals surface area contributed by atoms with Crippen molar-refractivity contribution in [3.8, 4) is 0 Å². The Kier molecular flexibility index (Phi) is 8.37. The van der Waals surface area contributed by atoms with Crippen LogP contribution in [-0.2, 0) is 4.79 Å². The minimum Gasteiger partial charge on any atom is -0.369 e. The molecule has 0 amide bonds. The topological polar surface area (TPSA) is 57.5 Å². The van der Waals surface area contributed by atoms with E-state index in [1.807, 2.05) is 6.92 Å². The normalized spacial score (nSPS) is 22.2. The maximum absolute atomic E-state index is 11.0. The summed E-state index contributed by atoms with van der Waals surface area (Å²) in [6.45, 7) is 4.02. The Balaban J connectivity index is 0.000000304. The molecule has 1 aliphatic carbocycles. The SMILES string of the molecule is CCC(S)C(O)(O)[SiH3].CCCC1CCCC1=O. The average molecular weight is 278 g/mol. The van der Waals surface area contributed by atoms with Crippen LogP contribution in [0.4, 0.5) is 0 Å². The van der Waals surface area contributed by atoms with Gasteiger partial charge in [0.05, 0.1) is 10.2 Å². The van der Waals surface area contributed by atoms with Gasteiger partial charge in [-0.3, -0.25) is 4.79 Å². The molecule has 0 aromatic heterocycles. The van der Waals surface area contributed by atoms with Crippen molar-refractivity contribution in [2.24, 2.45) is 5.92 Å². The van der Waals surface area contributed by atoms with E-state index in [0.717, 1.165) is 32.1 Å². The second kappa shape index (κ2) is 8.29. The van der Waals surface area contributed by atoms with Gasteiger partial charge in [-0.05, 0) is 25.7 Å². The first kappa shape index (κ1) is 17.2.